The largest absolute Gasteiger partial charge is 0.317 e. The summed E-state index contributed by atoms with van der Waals surface area (Å²) >= 11 is 8.45. The summed E-state index contributed by atoms with van der Waals surface area (Å²) in [4.78, 5) is 4.48. The fraction of sp³-hybridized carbons (Fsp3) is 0.273. The van der Waals surface area contributed by atoms with Crippen molar-refractivity contribution in [1.82, 2.24) is 4.98 Å². The number of benzene rings is 1. The third-order valence-corrected chi connectivity index (χ3v) is 4.07. The van der Waals surface area contributed by atoms with Crippen LogP contribution in [0, 0.1) is 6.92 Å². The molecule has 0 aliphatic carbocycles. The van der Waals surface area contributed by atoms with Gasteiger partial charge in [-0.2, -0.15) is 0 Å². The molecule has 0 amide bonds. The second kappa shape index (κ2) is 5.12. The van der Waals surface area contributed by atoms with E-state index in [-0.39, 0.29) is 0 Å². The molecule has 1 aromatic heterocycles. The summed E-state index contributed by atoms with van der Waals surface area (Å²) < 4.78 is 1.99. The Bertz CT molecular complexity index is 519. The van der Waals surface area contributed by atoms with Gasteiger partial charge in [-0.1, -0.05) is 48.3 Å². The Kier molecular flexibility index (Phi) is 3.78. The second-order valence-electron chi connectivity index (χ2n) is 3.34. The van der Waals surface area contributed by atoms with Crippen LogP contribution in [-0.2, 0) is 0 Å². The summed E-state index contributed by atoms with van der Waals surface area (Å²) in [5, 5.41) is 4.03. The Hall–Kier alpha value is -0.650. The van der Waals surface area contributed by atoms with Gasteiger partial charge in [0.15, 0.2) is 5.13 Å². The highest BCUT2D eigenvalue weighted by molar-refractivity contribution is 8.23. The Morgan fingerprint density at radius 2 is 2.38 bits per heavy atom. The van der Waals surface area contributed by atoms with Gasteiger partial charge in [0.25, 0.3) is 0 Å². The van der Waals surface area contributed by atoms with Gasteiger partial charge in [0, 0.05) is 0 Å². The minimum absolute atomic E-state index is 0.790. The molecule has 0 spiro atoms. The summed E-state index contributed by atoms with van der Waals surface area (Å²) in [5.74, 6) is 0.982. The van der Waals surface area contributed by atoms with Crippen LogP contribution in [-0.4, -0.2) is 15.1 Å². The molecule has 0 bridgehead atoms. The zero-order chi connectivity index (χ0) is 11.5. The number of thiocarbonyl (C=S) groups is 1. The van der Waals surface area contributed by atoms with Gasteiger partial charge in [0.2, 0.25) is 0 Å². The van der Waals surface area contributed by atoms with Crippen molar-refractivity contribution in [1.29, 1.82) is 0 Å². The van der Waals surface area contributed by atoms with Crippen LogP contribution in [0.3, 0.4) is 0 Å². The number of thioether (sulfide) groups is 1. The molecule has 5 heteroatoms. The molecule has 0 saturated heterocycles. The van der Waals surface area contributed by atoms with Crippen LogP contribution in [0.2, 0.25) is 0 Å². The molecule has 0 fully saturated rings. The van der Waals surface area contributed by atoms with E-state index in [4.69, 9.17) is 12.2 Å². The predicted octanol–water partition coefficient (Wildman–Crippen LogP) is 4.05. The number of nitrogens with zero attached hydrogens (tertiary/aromatic N) is 1. The van der Waals surface area contributed by atoms with Crippen LogP contribution >= 0.6 is 35.3 Å². The number of hydrogen-bond donors (Lipinski definition) is 1. The summed E-state index contributed by atoms with van der Waals surface area (Å²) in [5.41, 5.74) is 2.29. The van der Waals surface area contributed by atoms with Crippen molar-refractivity contribution in [3.05, 3.63) is 23.8 Å². The first-order chi connectivity index (χ1) is 7.69. The second-order valence-corrected chi connectivity index (χ2v) is 6.31. The SMILES string of the molecule is CCSC(=S)Nc1nc2ccc(C)cc2s1. The van der Waals surface area contributed by atoms with Crippen LogP contribution in [0.4, 0.5) is 5.13 Å². The Morgan fingerprint density at radius 3 is 3.12 bits per heavy atom. The van der Waals surface area contributed by atoms with Gasteiger partial charge in [-0.3, -0.25) is 0 Å². The molecule has 1 aromatic carbocycles. The number of aromatic nitrogens is 1. The first-order valence-electron chi connectivity index (χ1n) is 5.00. The molecule has 0 aliphatic rings. The third-order valence-electron chi connectivity index (χ3n) is 2.03. The van der Waals surface area contributed by atoms with Crippen LogP contribution in [0.5, 0.6) is 0 Å². The first kappa shape index (κ1) is 11.8. The van der Waals surface area contributed by atoms with Crippen molar-refractivity contribution in [2.75, 3.05) is 11.1 Å². The molecular formula is C11H12N2S3. The van der Waals surface area contributed by atoms with E-state index < -0.39 is 0 Å². The molecule has 2 aromatic rings. The Labute approximate surface area is 108 Å². The lowest BCUT2D eigenvalue weighted by molar-refractivity contribution is 1.46. The maximum Gasteiger partial charge on any atom is 0.189 e. The van der Waals surface area contributed by atoms with E-state index in [1.807, 2.05) is 6.07 Å². The molecular weight excluding hydrogens is 256 g/mol. The number of rotatable bonds is 2. The zero-order valence-corrected chi connectivity index (χ0v) is 11.6. The highest BCUT2D eigenvalue weighted by Crippen LogP contribution is 2.27. The summed E-state index contributed by atoms with van der Waals surface area (Å²) in [7, 11) is 0. The smallest absolute Gasteiger partial charge is 0.189 e. The molecule has 0 radical (unpaired) electrons. The van der Waals surface area contributed by atoms with Gasteiger partial charge in [0.05, 0.1) is 10.2 Å². The fourth-order valence-electron chi connectivity index (χ4n) is 1.34. The zero-order valence-electron chi connectivity index (χ0n) is 9.11. The van der Waals surface area contributed by atoms with Gasteiger partial charge in [-0.15, -0.1) is 0 Å². The topological polar surface area (TPSA) is 24.9 Å². The number of nitrogens with one attached hydrogen (secondary N) is 1. The highest BCUT2D eigenvalue weighted by Gasteiger charge is 2.05. The molecule has 0 saturated carbocycles. The molecule has 16 heavy (non-hydrogen) atoms. The van der Waals surface area contributed by atoms with E-state index in [0.717, 1.165) is 20.7 Å². The maximum absolute atomic E-state index is 5.18. The van der Waals surface area contributed by atoms with Crippen molar-refractivity contribution >= 4 is 55.0 Å². The van der Waals surface area contributed by atoms with E-state index in [1.54, 1.807) is 23.1 Å². The Balaban J connectivity index is 2.23. The van der Waals surface area contributed by atoms with E-state index in [1.165, 1.54) is 10.3 Å². The number of hydrogen-bond acceptors (Lipinski definition) is 4. The minimum Gasteiger partial charge on any atom is -0.317 e. The Morgan fingerprint density at radius 1 is 1.56 bits per heavy atom. The van der Waals surface area contributed by atoms with Crippen LogP contribution in [0.15, 0.2) is 18.2 Å². The molecule has 0 atom stereocenters. The van der Waals surface area contributed by atoms with Crippen molar-refractivity contribution in [3.63, 3.8) is 0 Å². The summed E-state index contributed by atoms with van der Waals surface area (Å²) in [6, 6.07) is 6.27. The molecule has 1 N–H and O–H groups in total. The maximum atomic E-state index is 5.18. The lowest BCUT2D eigenvalue weighted by Gasteiger charge is -2.00. The van der Waals surface area contributed by atoms with Gasteiger partial charge >= 0.3 is 0 Å². The molecule has 1 heterocycles. The molecule has 0 unspecified atom stereocenters. The fourth-order valence-corrected chi connectivity index (χ4v) is 3.32. The molecule has 0 aliphatic heterocycles. The number of fused-ring (bicyclic) bond motifs is 1. The number of anilines is 1. The molecule has 2 nitrogen and oxygen atoms in total. The van der Waals surface area contributed by atoms with Crippen molar-refractivity contribution in [2.45, 2.75) is 13.8 Å². The van der Waals surface area contributed by atoms with E-state index in [0.29, 0.717) is 0 Å². The van der Waals surface area contributed by atoms with Crippen LogP contribution in [0.25, 0.3) is 10.2 Å². The van der Waals surface area contributed by atoms with Crippen LogP contribution < -0.4 is 5.32 Å². The summed E-state index contributed by atoms with van der Waals surface area (Å²) in [6.07, 6.45) is 0. The lowest BCUT2D eigenvalue weighted by atomic mass is 10.2. The monoisotopic (exact) mass is 268 g/mol. The van der Waals surface area contributed by atoms with Gasteiger partial charge in [-0.25, -0.2) is 4.98 Å². The normalized spacial score (nSPS) is 10.6. The molecule has 84 valence electrons. The average molecular weight is 268 g/mol. The van der Waals surface area contributed by atoms with Crippen molar-refractivity contribution < 1.29 is 0 Å². The third kappa shape index (κ3) is 2.72. The molecule has 2 rings (SSSR count). The van der Waals surface area contributed by atoms with Gasteiger partial charge in [0.1, 0.15) is 4.32 Å². The highest BCUT2D eigenvalue weighted by atomic mass is 32.2. The van der Waals surface area contributed by atoms with Gasteiger partial charge in [-0.05, 0) is 30.4 Å². The first-order valence-corrected chi connectivity index (χ1v) is 7.21. The van der Waals surface area contributed by atoms with E-state index in [2.05, 4.69) is 36.3 Å². The van der Waals surface area contributed by atoms with E-state index >= 15 is 0 Å². The average Bonchev–Trinajstić information content (AvgIpc) is 2.59. The predicted molar refractivity (Wildman–Crippen MR) is 78.7 cm³/mol. The lowest BCUT2D eigenvalue weighted by Crippen LogP contribution is -2.03. The number of aryl methyl sites for hydroxylation is 1. The summed E-state index contributed by atoms with van der Waals surface area (Å²) in [6.45, 7) is 4.17. The van der Waals surface area contributed by atoms with Crippen LogP contribution in [0.1, 0.15) is 12.5 Å². The minimum atomic E-state index is 0.790. The standard InChI is InChI=1S/C11H12N2S3/c1-3-15-11(14)13-10-12-8-5-4-7(2)6-9(8)16-10/h4-6H,3H2,1-2H3,(H,12,13,14). The number of thiazole rings is 1. The van der Waals surface area contributed by atoms with Crippen molar-refractivity contribution in [3.8, 4) is 0 Å². The quantitative estimate of drug-likeness (QED) is 0.830. The van der Waals surface area contributed by atoms with Gasteiger partial charge < -0.3 is 5.32 Å². The van der Waals surface area contributed by atoms with Crippen molar-refractivity contribution in [2.24, 2.45) is 0 Å². The van der Waals surface area contributed by atoms with E-state index in [9.17, 15) is 0 Å².